The largest absolute Gasteiger partial charge is 0.491 e. The first-order chi connectivity index (χ1) is 7.94. The zero-order valence-corrected chi connectivity index (χ0v) is 11.2. The third-order valence-electron chi connectivity index (χ3n) is 2.27. The molecule has 0 aliphatic carbocycles. The number of halogens is 1. The number of ether oxygens (including phenoxy) is 1. The number of hydrogen-bond acceptors (Lipinski definition) is 4. The average molecular weight is 278 g/mol. The molecule has 0 amide bonds. The summed E-state index contributed by atoms with van der Waals surface area (Å²) in [5.41, 5.74) is 6.14. The summed E-state index contributed by atoms with van der Waals surface area (Å²) in [5, 5.41) is 0.545. The van der Waals surface area contributed by atoms with Gasteiger partial charge in [0.1, 0.15) is 15.6 Å². The van der Waals surface area contributed by atoms with Crippen molar-refractivity contribution in [1.29, 1.82) is 0 Å². The highest BCUT2D eigenvalue weighted by molar-refractivity contribution is 7.91. The summed E-state index contributed by atoms with van der Waals surface area (Å²) < 4.78 is 27.8. The van der Waals surface area contributed by atoms with Gasteiger partial charge in [0.2, 0.25) is 0 Å². The van der Waals surface area contributed by atoms with Crippen molar-refractivity contribution in [3.8, 4) is 5.75 Å². The Hall–Kier alpha value is -0.940. The molecule has 96 valence electrons. The van der Waals surface area contributed by atoms with E-state index in [1.54, 1.807) is 25.1 Å². The van der Waals surface area contributed by atoms with Crippen LogP contribution in [0.25, 0.3) is 0 Å². The summed E-state index contributed by atoms with van der Waals surface area (Å²) in [6, 6.07) is 4.95. The Morgan fingerprint density at radius 1 is 1.41 bits per heavy atom. The van der Waals surface area contributed by atoms with E-state index in [1.807, 2.05) is 0 Å². The summed E-state index contributed by atoms with van der Waals surface area (Å²) in [6.07, 6.45) is 0.457. The summed E-state index contributed by atoms with van der Waals surface area (Å²) in [5.74, 6) is 0.830. The Labute approximate surface area is 107 Å². The topological polar surface area (TPSA) is 69.4 Å². The fourth-order valence-electron chi connectivity index (χ4n) is 1.26. The first-order valence-electron chi connectivity index (χ1n) is 5.33. The molecule has 0 saturated carbocycles. The lowest BCUT2D eigenvalue weighted by atomic mass is 10.3. The van der Waals surface area contributed by atoms with Gasteiger partial charge in [0.15, 0.2) is 0 Å². The van der Waals surface area contributed by atoms with Crippen molar-refractivity contribution in [2.45, 2.75) is 13.3 Å². The standard InChI is InChI=1S/C11H16ClNO3S/c1-2-17(14,15)7-3-6-16-11-5-4-9(12)8-10(11)13/h4-5,8H,2-3,6-7,13H2,1H3. The molecular formula is C11H16ClNO3S. The second kappa shape index (κ2) is 6.12. The summed E-state index contributed by atoms with van der Waals surface area (Å²) in [7, 11) is -2.92. The van der Waals surface area contributed by atoms with Crippen LogP contribution in [0.3, 0.4) is 0 Å². The monoisotopic (exact) mass is 277 g/mol. The van der Waals surface area contributed by atoms with Crippen LogP contribution in [-0.4, -0.2) is 26.5 Å². The third-order valence-corrected chi connectivity index (χ3v) is 4.29. The van der Waals surface area contributed by atoms with E-state index in [1.165, 1.54) is 0 Å². The first kappa shape index (κ1) is 14.1. The number of nitrogen functional groups attached to an aromatic ring is 1. The van der Waals surface area contributed by atoms with Crippen LogP contribution in [0, 0.1) is 0 Å². The molecule has 0 aromatic heterocycles. The van der Waals surface area contributed by atoms with Gasteiger partial charge >= 0.3 is 0 Å². The van der Waals surface area contributed by atoms with Gasteiger partial charge in [0.05, 0.1) is 18.0 Å². The van der Waals surface area contributed by atoms with E-state index < -0.39 is 9.84 Å². The molecule has 1 rings (SSSR count). The Morgan fingerprint density at radius 3 is 2.71 bits per heavy atom. The SMILES string of the molecule is CCS(=O)(=O)CCCOc1ccc(Cl)cc1N. The highest BCUT2D eigenvalue weighted by atomic mass is 35.5. The molecule has 1 aromatic rings. The molecule has 0 aliphatic heterocycles. The number of nitrogens with two attached hydrogens (primary N) is 1. The number of anilines is 1. The number of hydrogen-bond donors (Lipinski definition) is 1. The molecule has 0 fully saturated rings. The second-order valence-electron chi connectivity index (χ2n) is 3.62. The molecule has 0 bridgehead atoms. The van der Waals surface area contributed by atoms with Gasteiger partial charge < -0.3 is 10.5 Å². The zero-order chi connectivity index (χ0) is 12.9. The van der Waals surface area contributed by atoms with Gasteiger partial charge in [-0.25, -0.2) is 8.42 Å². The molecule has 0 unspecified atom stereocenters. The third kappa shape index (κ3) is 4.83. The van der Waals surface area contributed by atoms with E-state index in [2.05, 4.69) is 0 Å². The molecule has 1 aromatic carbocycles. The van der Waals surface area contributed by atoms with Gasteiger partial charge in [0, 0.05) is 10.8 Å². The van der Waals surface area contributed by atoms with E-state index in [0.717, 1.165) is 0 Å². The molecule has 0 aliphatic rings. The Kier molecular flexibility index (Phi) is 5.08. The van der Waals surface area contributed by atoms with Gasteiger partial charge in [-0.2, -0.15) is 0 Å². The fraction of sp³-hybridized carbons (Fsp3) is 0.455. The Morgan fingerprint density at radius 2 is 2.12 bits per heavy atom. The van der Waals surface area contributed by atoms with Crippen LogP contribution in [0.2, 0.25) is 5.02 Å². The highest BCUT2D eigenvalue weighted by Gasteiger charge is 2.07. The Balaban J connectivity index is 2.41. The van der Waals surface area contributed by atoms with Crippen molar-refractivity contribution in [2.24, 2.45) is 0 Å². The minimum absolute atomic E-state index is 0.136. The van der Waals surface area contributed by atoms with Crippen LogP contribution < -0.4 is 10.5 Å². The maximum atomic E-state index is 11.2. The zero-order valence-electron chi connectivity index (χ0n) is 9.65. The lowest BCUT2D eigenvalue weighted by Gasteiger charge is -2.08. The van der Waals surface area contributed by atoms with Crippen LogP contribution in [0.15, 0.2) is 18.2 Å². The summed E-state index contributed by atoms with van der Waals surface area (Å²) >= 11 is 5.74. The van der Waals surface area contributed by atoms with Gasteiger partial charge in [-0.05, 0) is 24.6 Å². The fourth-order valence-corrected chi connectivity index (χ4v) is 2.28. The van der Waals surface area contributed by atoms with Crippen molar-refractivity contribution in [2.75, 3.05) is 23.8 Å². The van der Waals surface area contributed by atoms with Crippen LogP contribution in [0.5, 0.6) is 5.75 Å². The van der Waals surface area contributed by atoms with Crippen molar-refractivity contribution in [3.05, 3.63) is 23.2 Å². The molecule has 0 radical (unpaired) electrons. The molecule has 0 saturated heterocycles. The molecule has 4 nitrogen and oxygen atoms in total. The number of benzene rings is 1. The normalized spacial score (nSPS) is 11.4. The lowest BCUT2D eigenvalue weighted by Crippen LogP contribution is -2.12. The van der Waals surface area contributed by atoms with Gasteiger partial charge in [-0.1, -0.05) is 18.5 Å². The minimum Gasteiger partial charge on any atom is -0.491 e. The van der Waals surface area contributed by atoms with Crippen molar-refractivity contribution in [3.63, 3.8) is 0 Å². The average Bonchev–Trinajstić information content (AvgIpc) is 2.27. The predicted molar refractivity (Wildman–Crippen MR) is 70.3 cm³/mol. The van der Waals surface area contributed by atoms with Crippen LogP contribution in [-0.2, 0) is 9.84 Å². The second-order valence-corrected chi connectivity index (χ2v) is 6.53. The van der Waals surface area contributed by atoms with Crippen molar-refractivity contribution >= 4 is 27.1 Å². The number of sulfone groups is 1. The van der Waals surface area contributed by atoms with Gasteiger partial charge in [0.25, 0.3) is 0 Å². The summed E-state index contributed by atoms with van der Waals surface area (Å²) in [6.45, 7) is 1.96. The number of rotatable bonds is 6. The minimum atomic E-state index is -2.92. The molecule has 0 heterocycles. The van der Waals surface area contributed by atoms with E-state index in [0.29, 0.717) is 29.5 Å². The first-order valence-corrected chi connectivity index (χ1v) is 7.53. The van der Waals surface area contributed by atoms with E-state index >= 15 is 0 Å². The van der Waals surface area contributed by atoms with E-state index in [-0.39, 0.29) is 11.5 Å². The molecule has 0 spiro atoms. The smallest absolute Gasteiger partial charge is 0.150 e. The molecule has 0 atom stereocenters. The predicted octanol–water partition coefficient (Wildman–Crippen LogP) is 2.13. The molecule has 2 N–H and O–H groups in total. The quantitative estimate of drug-likeness (QED) is 0.639. The maximum absolute atomic E-state index is 11.2. The molecule has 6 heteroatoms. The van der Waals surface area contributed by atoms with E-state index in [9.17, 15) is 8.42 Å². The van der Waals surface area contributed by atoms with Crippen LogP contribution >= 0.6 is 11.6 Å². The van der Waals surface area contributed by atoms with Crippen molar-refractivity contribution < 1.29 is 13.2 Å². The lowest BCUT2D eigenvalue weighted by molar-refractivity contribution is 0.319. The van der Waals surface area contributed by atoms with Gasteiger partial charge in [-0.3, -0.25) is 0 Å². The molecular weight excluding hydrogens is 262 g/mol. The van der Waals surface area contributed by atoms with E-state index in [4.69, 9.17) is 22.1 Å². The maximum Gasteiger partial charge on any atom is 0.150 e. The van der Waals surface area contributed by atoms with Crippen molar-refractivity contribution in [1.82, 2.24) is 0 Å². The van der Waals surface area contributed by atoms with Crippen LogP contribution in [0.1, 0.15) is 13.3 Å². The Bertz CT molecular complexity index is 474. The van der Waals surface area contributed by atoms with Crippen LogP contribution in [0.4, 0.5) is 5.69 Å². The van der Waals surface area contributed by atoms with Gasteiger partial charge in [-0.15, -0.1) is 0 Å². The molecule has 17 heavy (non-hydrogen) atoms. The highest BCUT2D eigenvalue weighted by Crippen LogP contribution is 2.24. The summed E-state index contributed by atoms with van der Waals surface area (Å²) in [4.78, 5) is 0.